The van der Waals surface area contributed by atoms with Gasteiger partial charge in [0.25, 0.3) is 0 Å². The summed E-state index contributed by atoms with van der Waals surface area (Å²) < 4.78 is 4.89. The zero-order chi connectivity index (χ0) is 9.64. The molecule has 0 amide bonds. The zero-order valence-corrected chi connectivity index (χ0v) is 7.03. The molecule has 13 heavy (non-hydrogen) atoms. The van der Waals surface area contributed by atoms with Crippen LogP contribution in [-0.2, 0) is 14.3 Å². The molecule has 0 spiro atoms. The van der Waals surface area contributed by atoms with Crippen molar-refractivity contribution >= 4 is 12.3 Å². The molecule has 0 aromatic carbocycles. The van der Waals surface area contributed by atoms with Gasteiger partial charge in [-0.2, -0.15) is 0 Å². The topological polar surface area (TPSA) is 63.6 Å². The van der Waals surface area contributed by atoms with Crippen LogP contribution < -0.4 is 0 Å². The third-order valence-electron chi connectivity index (χ3n) is 2.94. The van der Waals surface area contributed by atoms with Gasteiger partial charge in [0.2, 0.25) is 0 Å². The number of aldehydes is 1. The van der Waals surface area contributed by atoms with Crippen LogP contribution in [0.5, 0.6) is 0 Å². The number of hydrogen-bond acceptors (Lipinski definition) is 4. The van der Waals surface area contributed by atoms with E-state index in [1.54, 1.807) is 0 Å². The summed E-state index contributed by atoms with van der Waals surface area (Å²) in [7, 11) is 0. The number of rotatable bonds is 1. The molecule has 2 aliphatic rings. The van der Waals surface area contributed by atoms with Gasteiger partial charge in [-0.3, -0.25) is 0 Å². The molecule has 1 heterocycles. The first-order chi connectivity index (χ1) is 6.10. The van der Waals surface area contributed by atoms with Crippen LogP contribution in [0.1, 0.15) is 12.8 Å². The summed E-state index contributed by atoms with van der Waals surface area (Å²) in [5, 5.41) is 10.1. The molecule has 0 bridgehead atoms. The highest BCUT2D eigenvalue weighted by Crippen LogP contribution is 2.46. The smallest absolute Gasteiger partial charge is 0.336 e. The Morgan fingerprint density at radius 1 is 1.62 bits per heavy atom. The third kappa shape index (κ3) is 0.836. The predicted octanol–water partition coefficient (Wildman–Crippen LogP) is -0.192. The van der Waals surface area contributed by atoms with Crippen molar-refractivity contribution in [2.24, 2.45) is 5.92 Å². The maximum Gasteiger partial charge on any atom is 0.336 e. The minimum absolute atomic E-state index is 0.0205. The van der Waals surface area contributed by atoms with Gasteiger partial charge in [0.15, 0.2) is 0 Å². The Labute approximate surface area is 75.2 Å². The average molecular weight is 182 g/mol. The molecule has 70 valence electrons. The lowest BCUT2D eigenvalue weighted by molar-refractivity contribution is -0.140. The van der Waals surface area contributed by atoms with E-state index in [0.717, 1.165) is 0 Å². The number of carbonyl (C=O) groups excluding carboxylic acids is 2. The third-order valence-corrected chi connectivity index (χ3v) is 2.94. The van der Waals surface area contributed by atoms with E-state index in [0.29, 0.717) is 19.1 Å². The van der Waals surface area contributed by atoms with E-state index >= 15 is 0 Å². The summed E-state index contributed by atoms with van der Waals surface area (Å²) in [5.41, 5.74) is -1.41. The van der Waals surface area contributed by atoms with Gasteiger partial charge in [-0.1, -0.05) is 6.58 Å². The molecule has 0 aromatic rings. The fraction of sp³-hybridized carbons (Fsp3) is 0.556. The lowest BCUT2D eigenvalue weighted by Gasteiger charge is -2.23. The van der Waals surface area contributed by atoms with Gasteiger partial charge in [-0.15, -0.1) is 0 Å². The van der Waals surface area contributed by atoms with Crippen molar-refractivity contribution in [3.63, 3.8) is 0 Å². The SMILES string of the molecule is C=C1C(=O)O[C@@H]2CC[C@H](C=O)[C@]12O. The lowest BCUT2D eigenvalue weighted by Crippen LogP contribution is -2.41. The summed E-state index contributed by atoms with van der Waals surface area (Å²) >= 11 is 0. The van der Waals surface area contributed by atoms with Crippen LogP contribution in [0.25, 0.3) is 0 Å². The molecule has 3 atom stereocenters. The van der Waals surface area contributed by atoms with Crippen molar-refractivity contribution in [2.75, 3.05) is 0 Å². The normalized spacial score (nSPS) is 43.2. The first-order valence-electron chi connectivity index (χ1n) is 4.18. The monoisotopic (exact) mass is 182 g/mol. The van der Waals surface area contributed by atoms with Gasteiger partial charge < -0.3 is 14.6 Å². The van der Waals surface area contributed by atoms with Gasteiger partial charge in [0, 0.05) is 0 Å². The fourth-order valence-corrected chi connectivity index (χ4v) is 2.11. The average Bonchev–Trinajstić information content (AvgIpc) is 2.52. The minimum atomic E-state index is -1.43. The van der Waals surface area contributed by atoms with Crippen LogP contribution in [0.2, 0.25) is 0 Å². The van der Waals surface area contributed by atoms with E-state index in [4.69, 9.17) is 4.74 Å². The van der Waals surface area contributed by atoms with Crippen LogP contribution in [-0.4, -0.2) is 29.1 Å². The summed E-state index contributed by atoms with van der Waals surface area (Å²) in [4.78, 5) is 21.7. The van der Waals surface area contributed by atoms with Crippen LogP contribution in [0.3, 0.4) is 0 Å². The van der Waals surface area contributed by atoms with Gasteiger partial charge in [-0.05, 0) is 12.8 Å². The minimum Gasteiger partial charge on any atom is -0.455 e. The molecule has 1 saturated heterocycles. The van der Waals surface area contributed by atoms with Crippen molar-refractivity contribution in [3.05, 3.63) is 12.2 Å². The Morgan fingerprint density at radius 3 is 2.92 bits per heavy atom. The molecule has 2 rings (SSSR count). The van der Waals surface area contributed by atoms with E-state index in [1.807, 2.05) is 0 Å². The van der Waals surface area contributed by atoms with E-state index < -0.39 is 23.6 Å². The zero-order valence-electron chi connectivity index (χ0n) is 7.03. The molecule has 1 N–H and O–H groups in total. The number of aliphatic hydroxyl groups is 1. The molecule has 1 aliphatic heterocycles. The summed E-state index contributed by atoms with van der Waals surface area (Å²) in [6.45, 7) is 3.46. The van der Waals surface area contributed by atoms with Crippen LogP contribution in [0.4, 0.5) is 0 Å². The predicted molar refractivity (Wildman–Crippen MR) is 42.8 cm³/mol. The van der Waals surface area contributed by atoms with E-state index in [9.17, 15) is 14.7 Å². The second-order valence-electron chi connectivity index (χ2n) is 3.52. The molecule has 1 aliphatic carbocycles. The number of hydrogen-bond donors (Lipinski definition) is 1. The second kappa shape index (κ2) is 2.42. The Balaban J connectivity index is 2.41. The second-order valence-corrected chi connectivity index (χ2v) is 3.52. The van der Waals surface area contributed by atoms with Crippen LogP contribution >= 0.6 is 0 Å². The Bertz CT molecular complexity index is 296. The van der Waals surface area contributed by atoms with Gasteiger partial charge in [0.1, 0.15) is 18.0 Å². The molecular formula is C9H10O4. The largest absolute Gasteiger partial charge is 0.455 e. The molecule has 4 heteroatoms. The van der Waals surface area contributed by atoms with Crippen molar-refractivity contribution in [1.29, 1.82) is 0 Å². The standard InChI is InChI=1S/C9H10O4/c1-5-8(11)13-7-3-2-6(4-10)9(5,7)12/h4,6-7,12H,1-3H2/t6-,7-,9-/m1/s1. The molecule has 1 saturated carbocycles. The van der Waals surface area contributed by atoms with Crippen molar-refractivity contribution in [1.82, 2.24) is 0 Å². The maximum atomic E-state index is 11.1. The molecule has 2 fully saturated rings. The summed E-state index contributed by atoms with van der Waals surface area (Å²) in [6, 6.07) is 0. The van der Waals surface area contributed by atoms with Crippen molar-refractivity contribution < 1.29 is 19.4 Å². The van der Waals surface area contributed by atoms with Crippen LogP contribution in [0, 0.1) is 5.92 Å². The number of esters is 1. The molecule has 4 nitrogen and oxygen atoms in total. The van der Waals surface area contributed by atoms with E-state index in [1.165, 1.54) is 0 Å². The van der Waals surface area contributed by atoms with Gasteiger partial charge in [0.05, 0.1) is 11.5 Å². The Kier molecular flexibility index (Phi) is 1.57. The van der Waals surface area contributed by atoms with Gasteiger partial charge >= 0.3 is 5.97 Å². The van der Waals surface area contributed by atoms with Crippen molar-refractivity contribution in [3.8, 4) is 0 Å². The highest BCUT2D eigenvalue weighted by atomic mass is 16.6. The first-order valence-corrected chi connectivity index (χ1v) is 4.18. The first kappa shape index (κ1) is 8.44. The highest BCUT2D eigenvalue weighted by Gasteiger charge is 2.59. The maximum absolute atomic E-state index is 11.1. The number of ether oxygens (including phenoxy) is 1. The lowest BCUT2D eigenvalue weighted by atomic mass is 9.86. The summed E-state index contributed by atoms with van der Waals surface area (Å²) in [5.74, 6) is -1.13. The number of carbonyl (C=O) groups is 2. The highest BCUT2D eigenvalue weighted by molar-refractivity contribution is 5.94. The Morgan fingerprint density at radius 2 is 2.31 bits per heavy atom. The number of fused-ring (bicyclic) bond motifs is 1. The molecule has 0 unspecified atom stereocenters. The molecule has 0 radical (unpaired) electrons. The summed E-state index contributed by atoms with van der Waals surface area (Å²) in [6.07, 6.45) is 1.19. The van der Waals surface area contributed by atoms with E-state index in [2.05, 4.69) is 6.58 Å². The molecular weight excluding hydrogens is 172 g/mol. The van der Waals surface area contributed by atoms with Gasteiger partial charge in [-0.25, -0.2) is 4.79 Å². The fourth-order valence-electron chi connectivity index (χ4n) is 2.11. The quantitative estimate of drug-likeness (QED) is 0.347. The Hall–Kier alpha value is -1.16. The van der Waals surface area contributed by atoms with E-state index in [-0.39, 0.29) is 5.57 Å². The van der Waals surface area contributed by atoms with Crippen molar-refractivity contribution in [2.45, 2.75) is 24.5 Å². The molecule has 0 aromatic heterocycles. The van der Waals surface area contributed by atoms with Crippen LogP contribution in [0.15, 0.2) is 12.2 Å².